The third-order valence-corrected chi connectivity index (χ3v) is 2.22. The lowest BCUT2D eigenvalue weighted by Gasteiger charge is -2.11. The first kappa shape index (κ1) is 11.7. The number of aromatic nitrogens is 1. The van der Waals surface area contributed by atoms with E-state index in [9.17, 15) is 18.0 Å². The zero-order valence-corrected chi connectivity index (χ0v) is 8.62. The monoisotopic (exact) mass is 246 g/mol. The molecule has 0 bridgehead atoms. The molecule has 4 nitrogen and oxygen atoms in total. The molecule has 17 heavy (non-hydrogen) atoms. The molecule has 1 aliphatic carbocycles. The quantitative estimate of drug-likeness (QED) is 0.883. The average molecular weight is 246 g/mol. The number of halogens is 3. The van der Waals surface area contributed by atoms with Crippen molar-refractivity contribution >= 4 is 5.91 Å². The van der Waals surface area contributed by atoms with Gasteiger partial charge in [-0.15, -0.1) is 0 Å². The van der Waals surface area contributed by atoms with Gasteiger partial charge in [-0.25, -0.2) is 4.98 Å². The first-order chi connectivity index (χ1) is 7.88. The summed E-state index contributed by atoms with van der Waals surface area (Å²) >= 11 is 0. The van der Waals surface area contributed by atoms with E-state index in [1.807, 2.05) is 0 Å². The van der Waals surface area contributed by atoms with Gasteiger partial charge < -0.3 is 10.5 Å². The standard InChI is InChI=1S/C10H9F3N2O2/c11-10(12,13)8-7(9(14)16)3-6(4-15-8)17-5-1-2-5/h3-5H,1-2H2,(H2,14,16). The summed E-state index contributed by atoms with van der Waals surface area (Å²) in [7, 11) is 0. The fourth-order valence-electron chi connectivity index (χ4n) is 1.30. The van der Waals surface area contributed by atoms with Gasteiger partial charge in [0, 0.05) is 0 Å². The van der Waals surface area contributed by atoms with Gasteiger partial charge in [-0.2, -0.15) is 13.2 Å². The van der Waals surface area contributed by atoms with Gasteiger partial charge in [0.05, 0.1) is 17.9 Å². The van der Waals surface area contributed by atoms with Gasteiger partial charge in [0.2, 0.25) is 0 Å². The number of alkyl halides is 3. The Morgan fingerprint density at radius 1 is 1.47 bits per heavy atom. The third-order valence-electron chi connectivity index (χ3n) is 2.22. The van der Waals surface area contributed by atoms with Crippen LogP contribution in [-0.2, 0) is 6.18 Å². The minimum atomic E-state index is -4.71. The Morgan fingerprint density at radius 3 is 2.59 bits per heavy atom. The van der Waals surface area contributed by atoms with Gasteiger partial charge in [0.1, 0.15) is 5.75 Å². The fourth-order valence-corrected chi connectivity index (χ4v) is 1.30. The van der Waals surface area contributed by atoms with Crippen molar-refractivity contribution in [3.8, 4) is 5.75 Å². The number of nitrogens with two attached hydrogens (primary N) is 1. The maximum Gasteiger partial charge on any atom is 0.434 e. The molecule has 1 heterocycles. The van der Waals surface area contributed by atoms with Crippen molar-refractivity contribution < 1.29 is 22.7 Å². The molecule has 2 rings (SSSR count). The maximum atomic E-state index is 12.5. The molecule has 2 N–H and O–H groups in total. The molecule has 7 heteroatoms. The van der Waals surface area contributed by atoms with Crippen molar-refractivity contribution in [2.45, 2.75) is 25.1 Å². The van der Waals surface area contributed by atoms with Crippen molar-refractivity contribution in [2.24, 2.45) is 5.73 Å². The van der Waals surface area contributed by atoms with Crippen LogP contribution in [0.1, 0.15) is 28.9 Å². The number of nitrogens with zero attached hydrogens (tertiary/aromatic N) is 1. The molecule has 1 aromatic heterocycles. The number of primary amides is 1. The van der Waals surface area contributed by atoms with Crippen LogP contribution in [0.2, 0.25) is 0 Å². The highest BCUT2D eigenvalue weighted by Crippen LogP contribution is 2.33. The summed E-state index contributed by atoms with van der Waals surface area (Å²) in [5.74, 6) is -1.04. The van der Waals surface area contributed by atoms with Crippen LogP contribution in [0.25, 0.3) is 0 Å². The van der Waals surface area contributed by atoms with E-state index < -0.39 is 23.3 Å². The van der Waals surface area contributed by atoms with E-state index in [0.29, 0.717) is 0 Å². The third kappa shape index (κ3) is 2.66. The van der Waals surface area contributed by atoms with Gasteiger partial charge in [-0.1, -0.05) is 0 Å². The van der Waals surface area contributed by atoms with E-state index in [1.165, 1.54) is 0 Å². The zero-order chi connectivity index (χ0) is 12.6. The zero-order valence-electron chi connectivity index (χ0n) is 8.62. The number of carbonyl (C=O) groups excluding carboxylic acids is 1. The van der Waals surface area contributed by atoms with Crippen molar-refractivity contribution in [2.75, 3.05) is 0 Å². The minimum absolute atomic E-state index is 0.00858. The van der Waals surface area contributed by atoms with E-state index in [1.54, 1.807) is 0 Å². The van der Waals surface area contributed by atoms with Crippen LogP contribution < -0.4 is 10.5 Å². The molecule has 92 valence electrons. The lowest BCUT2D eigenvalue weighted by atomic mass is 10.1. The second-order valence-electron chi connectivity index (χ2n) is 3.75. The molecule has 0 spiro atoms. The molecule has 1 fully saturated rings. The number of hydrogen-bond donors (Lipinski definition) is 1. The molecule has 0 aromatic carbocycles. The highest BCUT2D eigenvalue weighted by molar-refractivity contribution is 5.94. The van der Waals surface area contributed by atoms with Crippen molar-refractivity contribution in [1.29, 1.82) is 0 Å². The van der Waals surface area contributed by atoms with E-state index in [0.717, 1.165) is 25.1 Å². The number of carbonyl (C=O) groups is 1. The topological polar surface area (TPSA) is 65.2 Å². The maximum absolute atomic E-state index is 12.5. The van der Waals surface area contributed by atoms with E-state index >= 15 is 0 Å². The molecular weight excluding hydrogens is 237 g/mol. The van der Waals surface area contributed by atoms with Crippen LogP contribution in [0.4, 0.5) is 13.2 Å². The van der Waals surface area contributed by atoms with Crippen LogP contribution in [-0.4, -0.2) is 17.0 Å². The number of amides is 1. The van der Waals surface area contributed by atoms with Gasteiger partial charge in [0.25, 0.3) is 5.91 Å². The molecule has 0 aliphatic heterocycles. The predicted octanol–water partition coefficient (Wildman–Crippen LogP) is 1.74. The second-order valence-corrected chi connectivity index (χ2v) is 3.75. The number of hydrogen-bond acceptors (Lipinski definition) is 3. The smallest absolute Gasteiger partial charge is 0.434 e. The Bertz CT molecular complexity index is 455. The van der Waals surface area contributed by atoms with E-state index in [4.69, 9.17) is 10.5 Å². The van der Waals surface area contributed by atoms with Crippen LogP contribution in [0.3, 0.4) is 0 Å². The van der Waals surface area contributed by atoms with Gasteiger partial charge in [-0.3, -0.25) is 4.79 Å². The molecule has 1 aliphatic rings. The van der Waals surface area contributed by atoms with Crippen LogP contribution in [0.15, 0.2) is 12.3 Å². The van der Waals surface area contributed by atoms with Gasteiger partial charge in [-0.05, 0) is 18.9 Å². The lowest BCUT2D eigenvalue weighted by molar-refractivity contribution is -0.141. The average Bonchev–Trinajstić information content (AvgIpc) is 2.99. The SMILES string of the molecule is NC(=O)c1cc(OC2CC2)cnc1C(F)(F)F. The minimum Gasteiger partial charge on any atom is -0.489 e. The van der Waals surface area contributed by atoms with E-state index in [2.05, 4.69) is 4.98 Å². The Labute approximate surface area is 94.6 Å². The second kappa shape index (κ2) is 3.90. The van der Waals surface area contributed by atoms with Crippen LogP contribution >= 0.6 is 0 Å². The summed E-state index contributed by atoms with van der Waals surface area (Å²) in [6.07, 6.45) is -2.04. The summed E-state index contributed by atoms with van der Waals surface area (Å²) < 4.78 is 42.8. The normalized spacial score (nSPS) is 15.7. The summed E-state index contributed by atoms with van der Waals surface area (Å²) in [5.41, 5.74) is 2.94. The highest BCUT2D eigenvalue weighted by atomic mass is 19.4. The first-order valence-corrected chi connectivity index (χ1v) is 4.91. The molecule has 0 unspecified atom stereocenters. The molecule has 0 radical (unpaired) electrons. The van der Waals surface area contributed by atoms with Crippen molar-refractivity contribution in [1.82, 2.24) is 4.98 Å². The van der Waals surface area contributed by atoms with Crippen molar-refractivity contribution in [3.63, 3.8) is 0 Å². The molecule has 1 aromatic rings. The Kier molecular flexibility index (Phi) is 2.68. The van der Waals surface area contributed by atoms with E-state index in [-0.39, 0.29) is 11.9 Å². The highest BCUT2D eigenvalue weighted by Gasteiger charge is 2.37. The molecule has 1 saturated carbocycles. The Balaban J connectivity index is 2.36. The molecule has 0 saturated heterocycles. The van der Waals surface area contributed by atoms with Gasteiger partial charge in [0.15, 0.2) is 5.69 Å². The fraction of sp³-hybridized carbons (Fsp3) is 0.400. The summed E-state index contributed by atoms with van der Waals surface area (Å²) in [5, 5.41) is 0. The van der Waals surface area contributed by atoms with Crippen LogP contribution in [0.5, 0.6) is 5.75 Å². The number of pyridine rings is 1. The first-order valence-electron chi connectivity index (χ1n) is 4.91. The lowest BCUT2D eigenvalue weighted by Crippen LogP contribution is -2.20. The molecule has 1 amide bonds. The van der Waals surface area contributed by atoms with Crippen LogP contribution in [0, 0.1) is 0 Å². The number of rotatable bonds is 3. The summed E-state index contributed by atoms with van der Waals surface area (Å²) in [6.45, 7) is 0. The number of ether oxygens (including phenoxy) is 1. The van der Waals surface area contributed by atoms with Crippen molar-refractivity contribution in [3.05, 3.63) is 23.5 Å². The summed E-state index contributed by atoms with van der Waals surface area (Å²) in [6, 6.07) is 0.983. The largest absolute Gasteiger partial charge is 0.489 e. The molecular formula is C10H9F3N2O2. The predicted molar refractivity (Wildman–Crippen MR) is 51.4 cm³/mol. The van der Waals surface area contributed by atoms with Gasteiger partial charge >= 0.3 is 6.18 Å². The Morgan fingerprint density at radius 2 is 2.12 bits per heavy atom. The summed E-state index contributed by atoms with van der Waals surface area (Å²) in [4.78, 5) is 14.1. The Hall–Kier alpha value is -1.79. The molecule has 0 atom stereocenters.